The van der Waals surface area contributed by atoms with Crippen LogP contribution in [0.2, 0.25) is 5.02 Å². The molecule has 1 saturated heterocycles. The fraction of sp³-hybridized carbons (Fsp3) is 0.444. The molecule has 2 aromatic rings. The summed E-state index contributed by atoms with van der Waals surface area (Å²) in [4.78, 5) is 11.2. The van der Waals surface area contributed by atoms with Crippen molar-refractivity contribution in [1.29, 1.82) is 0 Å². The van der Waals surface area contributed by atoms with Crippen LogP contribution in [0.1, 0.15) is 36.3 Å². The Balaban J connectivity index is 1.67. The first-order chi connectivity index (χ1) is 12.4. The predicted molar refractivity (Wildman–Crippen MR) is 104 cm³/mol. The van der Waals surface area contributed by atoms with Crippen molar-refractivity contribution in [1.82, 2.24) is 14.7 Å². The molecule has 0 spiro atoms. The lowest BCUT2D eigenvalue weighted by Crippen LogP contribution is -2.31. The molecule has 0 atom stereocenters. The minimum Gasteiger partial charge on any atom is -0.357 e. The Morgan fingerprint density at radius 3 is 2.65 bits per heavy atom. The molecule has 0 aliphatic carbocycles. The van der Waals surface area contributed by atoms with Gasteiger partial charge in [-0.05, 0) is 43.9 Å². The largest absolute Gasteiger partial charge is 0.357 e. The van der Waals surface area contributed by atoms with Crippen LogP contribution in [-0.2, 0) is 22.3 Å². The maximum Gasteiger partial charge on any atom is 0.216 e. The van der Waals surface area contributed by atoms with Gasteiger partial charge < -0.3 is 4.90 Å². The fourth-order valence-electron chi connectivity index (χ4n) is 3.05. The summed E-state index contributed by atoms with van der Waals surface area (Å²) in [5.74, 6) is 1.24. The van der Waals surface area contributed by atoms with Gasteiger partial charge in [0.25, 0.3) is 0 Å². The summed E-state index contributed by atoms with van der Waals surface area (Å²) in [6, 6.07) is 8.80. The summed E-state index contributed by atoms with van der Waals surface area (Å²) in [6.45, 7) is 3.94. The van der Waals surface area contributed by atoms with Crippen molar-refractivity contribution in [2.45, 2.75) is 38.5 Å². The normalized spacial score (nSPS) is 15.2. The summed E-state index contributed by atoms with van der Waals surface area (Å²) in [5.41, 5.74) is 1.48. The van der Waals surface area contributed by atoms with Crippen LogP contribution in [-0.4, -0.2) is 31.5 Å². The zero-order valence-electron chi connectivity index (χ0n) is 14.8. The van der Waals surface area contributed by atoms with E-state index < -0.39 is 10.0 Å². The molecule has 6 nitrogen and oxygen atoms in total. The Bertz CT molecular complexity index is 867. The van der Waals surface area contributed by atoms with Crippen LogP contribution in [0.5, 0.6) is 0 Å². The molecule has 3 rings (SSSR count). The lowest BCUT2D eigenvalue weighted by atomic mass is 10.1. The average molecular weight is 395 g/mol. The molecule has 0 saturated carbocycles. The van der Waals surface area contributed by atoms with Crippen LogP contribution in [0.15, 0.2) is 30.3 Å². The van der Waals surface area contributed by atoms with E-state index in [4.69, 9.17) is 11.6 Å². The lowest BCUT2D eigenvalue weighted by molar-refractivity contribution is 0.569. The first kappa shape index (κ1) is 19.1. The van der Waals surface area contributed by atoms with Gasteiger partial charge in [0.15, 0.2) is 0 Å². The van der Waals surface area contributed by atoms with Crippen LogP contribution in [0.3, 0.4) is 0 Å². The third-order valence-corrected chi connectivity index (χ3v) is 5.80. The van der Waals surface area contributed by atoms with E-state index in [-0.39, 0.29) is 12.3 Å². The highest BCUT2D eigenvalue weighted by Crippen LogP contribution is 2.18. The highest BCUT2D eigenvalue weighted by Gasteiger charge is 2.16. The van der Waals surface area contributed by atoms with Gasteiger partial charge in [-0.15, -0.1) is 0 Å². The molecule has 8 heteroatoms. The van der Waals surface area contributed by atoms with Crippen molar-refractivity contribution in [3.63, 3.8) is 0 Å². The van der Waals surface area contributed by atoms with E-state index in [1.165, 1.54) is 6.42 Å². The molecule has 0 unspecified atom stereocenters. The number of aryl methyl sites for hydroxylation is 1. The van der Waals surface area contributed by atoms with Gasteiger partial charge in [0, 0.05) is 29.9 Å². The molecule has 1 N–H and O–H groups in total. The third kappa shape index (κ3) is 5.40. The van der Waals surface area contributed by atoms with Crippen LogP contribution in [0, 0.1) is 6.92 Å². The van der Waals surface area contributed by atoms with Gasteiger partial charge >= 0.3 is 0 Å². The molecule has 1 aromatic heterocycles. The Morgan fingerprint density at radius 1 is 1.15 bits per heavy atom. The first-order valence-electron chi connectivity index (χ1n) is 8.72. The van der Waals surface area contributed by atoms with Gasteiger partial charge in [0.1, 0.15) is 11.6 Å². The maximum absolute atomic E-state index is 12.3. The van der Waals surface area contributed by atoms with E-state index in [0.29, 0.717) is 16.4 Å². The smallest absolute Gasteiger partial charge is 0.216 e. The average Bonchev–Trinajstić information content (AvgIpc) is 2.60. The molecule has 1 aliphatic heterocycles. The predicted octanol–water partition coefficient (Wildman–Crippen LogP) is 3.05. The van der Waals surface area contributed by atoms with Gasteiger partial charge in [-0.1, -0.05) is 23.7 Å². The Morgan fingerprint density at radius 2 is 1.92 bits per heavy atom. The number of aromatic nitrogens is 2. The van der Waals surface area contributed by atoms with E-state index in [1.807, 2.05) is 13.0 Å². The monoisotopic (exact) mass is 394 g/mol. The SMILES string of the molecule is Cc1cc(N2CCCCC2)nc(CNS(=O)(=O)Cc2cccc(Cl)c2)n1. The quantitative estimate of drug-likeness (QED) is 0.814. The second-order valence-corrected chi connectivity index (χ2v) is 8.78. The molecule has 26 heavy (non-hydrogen) atoms. The number of hydrogen-bond donors (Lipinski definition) is 1. The van der Waals surface area contributed by atoms with E-state index >= 15 is 0 Å². The minimum atomic E-state index is -3.50. The Kier molecular flexibility index (Phi) is 6.11. The molecule has 2 heterocycles. The van der Waals surface area contributed by atoms with Crippen molar-refractivity contribution < 1.29 is 8.42 Å². The second-order valence-electron chi connectivity index (χ2n) is 6.54. The van der Waals surface area contributed by atoms with Crippen LogP contribution in [0.4, 0.5) is 5.82 Å². The topological polar surface area (TPSA) is 75.2 Å². The number of rotatable bonds is 6. The highest BCUT2D eigenvalue weighted by atomic mass is 35.5. The van der Waals surface area contributed by atoms with Gasteiger partial charge in [-0.3, -0.25) is 0 Å². The van der Waals surface area contributed by atoms with Crippen molar-refractivity contribution in [2.75, 3.05) is 18.0 Å². The second kappa shape index (κ2) is 8.33. The van der Waals surface area contributed by atoms with E-state index in [9.17, 15) is 8.42 Å². The number of nitrogens with zero attached hydrogens (tertiary/aromatic N) is 3. The van der Waals surface area contributed by atoms with Crippen molar-refractivity contribution in [3.8, 4) is 0 Å². The molecule has 0 amide bonds. The molecule has 0 bridgehead atoms. The summed E-state index contributed by atoms with van der Waals surface area (Å²) < 4.78 is 27.3. The van der Waals surface area contributed by atoms with Gasteiger partial charge in [-0.25, -0.2) is 23.1 Å². The van der Waals surface area contributed by atoms with Gasteiger partial charge in [0.2, 0.25) is 10.0 Å². The Labute approximate surface area is 159 Å². The summed E-state index contributed by atoms with van der Waals surface area (Å²) in [5, 5.41) is 0.519. The summed E-state index contributed by atoms with van der Waals surface area (Å²) >= 11 is 5.92. The van der Waals surface area contributed by atoms with Gasteiger partial charge in [0.05, 0.1) is 12.3 Å². The van der Waals surface area contributed by atoms with E-state index in [2.05, 4.69) is 19.6 Å². The molecule has 1 aromatic carbocycles. The molecule has 0 radical (unpaired) electrons. The lowest BCUT2D eigenvalue weighted by Gasteiger charge is -2.28. The number of nitrogens with one attached hydrogen (secondary N) is 1. The van der Waals surface area contributed by atoms with Gasteiger partial charge in [-0.2, -0.15) is 0 Å². The van der Waals surface area contributed by atoms with Crippen molar-refractivity contribution in [2.24, 2.45) is 0 Å². The van der Waals surface area contributed by atoms with Crippen LogP contribution < -0.4 is 9.62 Å². The van der Waals surface area contributed by atoms with E-state index in [0.717, 1.165) is 37.4 Å². The number of halogens is 1. The molecular formula is C18H23ClN4O2S. The van der Waals surface area contributed by atoms with Crippen molar-refractivity contribution in [3.05, 3.63) is 52.4 Å². The summed E-state index contributed by atoms with van der Waals surface area (Å²) in [7, 11) is -3.50. The van der Waals surface area contributed by atoms with E-state index in [1.54, 1.807) is 24.3 Å². The van der Waals surface area contributed by atoms with Crippen LogP contribution >= 0.6 is 11.6 Å². The minimum absolute atomic E-state index is 0.0748. The Hall–Kier alpha value is -1.70. The zero-order valence-corrected chi connectivity index (χ0v) is 16.4. The number of benzene rings is 1. The van der Waals surface area contributed by atoms with Crippen molar-refractivity contribution >= 4 is 27.4 Å². The number of piperidine rings is 1. The number of hydrogen-bond acceptors (Lipinski definition) is 5. The molecular weight excluding hydrogens is 372 g/mol. The van der Waals surface area contributed by atoms with Crippen LogP contribution in [0.25, 0.3) is 0 Å². The standard InChI is InChI=1S/C18H23ClN4O2S/c1-14-10-18(23-8-3-2-4-9-23)22-17(21-14)12-20-26(24,25)13-15-6-5-7-16(19)11-15/h5-7,10-11,20H,2-4,8-9,12-13H2,1H3. The fourth-order valence-corrected chi connectivity index (χ4v) is 4.33. The molecule has 1 fully saturated rings. The molecule has 140 valence electrons. The summed E-state index contributed by atoms with van der Waals surface area (Å²) in [6.07, 6.45) is 3.56. The maximum atomic E-state index is 12.3. The molecule has 1 aliphatic rings. The zero-order chi connectivity index (χ0) is 18.6. The number of sulfonamides is 1. The third-order valence-electron chi connectivity index (χ3n) is 4.26. The first-order valence-corrected chi connectivity index (χ1v) is 10.8. The highest BCUT2D eigenvalue weighted by molar-refractivity contribution is 7.88. The number of anilines is 1.